The summed E-state index contributed by atoms with van der Waals surface area (Å²) in [5, 5.41) is 10.4. The molecular formula is C9H15F2NO4. The molecule has 1 unspecified atom stereocenters. The number of alkyl halides is 2. The van der Waals surface area contributed by atoms with Crippen LogP contribution in [0.4, 0.5) is 13.6 Å². The van der Waals surface area contributed by atoms with Crippen molar-refractivity contribution < 1.29 is 28.2 Å². The van der Waals surface area contributed by atoms with Gasteiger partial charge in [-0.15, -0.1) is 0 Å². The second-order valence-electron chi connectivity index (χ2n) is 4.16. The van der Waals surface area contributed by atoms with E-state index in [1.165, 1.54) is 0 Å². The number of carboxylic acids is 1. The van der Waals surface area contributed by atoms with E-state index in [-0.39, 0.29) is 0 Å². The van der Waals surface area contributed by atoms with Crippen LogP contribution in [-0.4, -0.2) is 35.2 Å². The summed E-state index contributed by atoms with van der Waals surface area (Å²) in [5.41, 5.74) is -0.808. The number of carboxylic acid groups (broad SMARTS) is 1. The van der Waals surface area contributed by atoms with Crippen LogP contribution in [-0.2, 0) is 9.53 Å². The van der Waals surface area contributed by atoms with Crippen LogP contribution < -0.4 is 5.32 Å². The molecule has 94 valence electrons. The fourth-order valence-electron chi connectivity index (χ4n) is 0.849. The number of hydrogen-bond donors (Lipinski definition) is 2. The van der Waals surface area contributed by atoms with Crippen LogP contribution in [0.2, 0.25) is 0 Å². The molecule has 0 saturated carbocycles. The second-order valence-corrected chi connectivity index (χ2v) is 4.16. The topological polar surface area (TPSA) is 75.6 Å². The van der Waals surface area contributed by atoms with E-state index in [2.05, 4.69) is 0 Å². The van der Waals surface area contributed by atoms with E-state index in [1.807, 2.05) is 5.32 Å². The lowest BCUT2D eigenvalue weighted by atomic mass is 10.2. The molecule has 0 radical (unpaired) electrons. The van der Waals surface area contributed by atoms with Gasteiger partial charge in [0.05, 0.1) is 0 Å². The molecule has 0 fully saturated rings. The predicted molar refractivity (Wildman–Crippen MR) is 51.4 cm³/mol. The van der Waals surface area contributed by atoms with Crippen molar-refractivity contribution in [3.05, 3.63) is 0 Å². The number of nitrogens with one attached hydrogen (secondary N) is 1. The maximum atomic E-state index is 12.0. The van der Waals surface area contributed by atoms with Gasteiger partial charge in [-0.25, -0.2) is 18.4 Å². The summed E-state index contributed by atoms with van der Waals surface area (Å²) in [6.07, 6.45) is -4.79. The minimum absolute atomic E-state index is 0.808. The van der Waals surface area contributed by atoms with Gasteiger partial charge in [0.1, 0.15) is 11.6 Å². The third kappa shape index (κ3) is 6.97. The van der Waals surface area contributed by atoms with Crippen molar-refractivity contribution >= 4 is 12.1 Å². The molecule has 2 N–H and O–H groups in total. The van der Waals surface area contributed by atoms with Crippen molar-refractivity contribution in [1.82, 2.24) is 5.32 Å². The molecule has 0 bridgehead atoms. The predicted octanol–water partition coefficient (Wildman–Crippen LogP) is 1.62. The quantitative estimate of drug-likeness (QED) is 0.781. The van der Waals surface area contributed by atoms with Gasteiger partial charge >= 0.3 is 12.1 Å². The zero-order valence-electron chi connectivity index (χ0n) is 9.29. The Kier molecular flexibility index (Phi) is 5.13. The summed E-state index contributed by atoms with van der Waals surface area (Å²) >= 11 is 0. The second kappa shape index (κ2) is 5.62. The third-order valence-corrected chi connectivity index (χ3v) is 1.40. The van der Waals surface area contributed by atoms with Gasteiger partial charge in [0.15, 0.2) is 0 Å². The van der Waals surface area contributed by atoms with Crippen LogP contribution in [0.3, 0.4) is 0 Å². The van der Waals surface area contributed by atoms with Crippen LogP contribution in [0.1, 0.15) is 27.2 Å². The zero-order valence-corrected chi connectivity index (χ0v) is 9.29. The number of carbonyl (C=O) groups excluding carboxylic acids is 1. The Hall–Kier alpha value is -1.40. The highest BCUT2D eigenvalue weighted by Gasteiger charge is 2.26. The summed E-state index contributed by atoms with van der Waals surface area (Å²) in [7, 11) is 0. The molecule has 5 nitrogen and oxygen atoms in total. The number of halogens is 2. The van der Waals surface area contributed by atoms with Gasteiger partial charge in [-0.05, 0) is 20.8 Å². The first kappa shape index (κ1) is 14.6. The van der Waals surface area contributed by atoms with Crippen molar-refractivity contribution in [3.8, 4) is 0 Å². The van der Waals surface area contributed by atoms with E-state index in [4.69, 9.17) is 9.84 Å². The average Bonchev–Trinajstić information content (AvgIpc) is 1.97. The molecule has 0 aliphatic carbocycles. The maximum Gasteiger partial charge on any atom is 0.408 e. The number of hydrogen-bond acceptors (Lipinski definition) is 3. The molecule has 0 saturated heterocycles. The largest absolute Gasteiger partial charge is 0.480 e. The molecule has 1 atom stereocenters. The fourth-order valence-corrected chi connectivity index (χ4v) is 0.849. The van der Waals surface area contributed by atoms with Crippen molar-refractivity contribution in [2.75, 3.05) is 0 Å². The normalized spacial score (nSPS) is 13.4. The van der Waals surface area contributed by atoms with Gasteiger partial charge in [0.2, 0.25) is 6.43 Å². The van der Waals surface area contributed by atoms with Crippen molar-refractivity contribution in [2.24, 2.45) is 0 Å². The number of carbonyl (C=O) groups is 2. The van der Waals surface area contributed by atoms with E-state index in [0.29, 0.717) is 0 Å². The Labute approximate surface area is 91.8 Å². The number of alkyl carbamates (subject to hydrolysis) is 1. The Bertz CT molecular complexity index is 263. The molecule has 0 aliphatic heterocycles. The molecule has 1 amide bonds. The number of amides is 1. The molecular weight excluding hydrogens is 224 g/mol. The van der Waals surface area contributed by atoms with Crippen LogP contribution in [0.15, 0.2) is 0 Å². The third-order valence-electron chi connectivity index (χ3n) is 1.40. The molecule has 7 heteroatoms. The standard InChI is InChI=1S/C9H15F2NO4/c1-9(2,3)16-8(15)12-5(7(13)14)4-6(10)11/h5-6H,4H2,1-3H3,(H,12,15)(H,13,14). The molecule has 0 aromatic heterocycles. The summed E-state index contributed by atoms with van der Waals surface area (Å²) in [6.45, 7) is 4.74. The Morgan fingerprint density at radius 2 is 1.88 bits per heavy atom. The highest BCUT2D eigenvalue weighted by Crippen LogP contribution is 2.09. The fraction of sp³-hybridized carbons (Fsp3) is 0.778. The first-order chi connectivity index (χ1) is 7.11. The summed E-state index contributed by atoms with van der Waals surface area (Å²) in [5.74, 6) is -1.52. The van der Waals surface area contributed by atoms with E-state index < -0.39 is 36.6 Å². The molecule has 16 heavy (non-hydrogen) atoms. The van der Waals surface area contributed by atoms with Gasteiger partial charge in [-0.1, -0.05) is 0 Å². The zero-order chi connectivity index (χ0) is 12.9. The SMILES string of the molecule is CC(C)(C)OC(=O)NC(CC(F)F)C(=O)O. The molecule has 0 spiro atoms. The summed E-state index contributed by atoms with van der Waals surface area (Å²) in [6, 6.07) is -1.64. The van der Waals surface area contributed by atoms with Gasteiger partial charge in [0.25, 0.3) is 0 Å². The van der Waals surface area contributed by atoms with E-state index >= 15 is 0 Å². The van der Waals surface area contributed by atoms with Gasteiger partial charge in [-0.2, -0.15) is 0 Å². The van der Waals surface area contributed by atoms with Crippen molar-refractivity contribution in [1.29, 1.82) is 0 Å². The summed E-state index contributed by atoms with van der Waals surface area (Å²) in [4.78, 5) is 21.6. The molecule has 0 aliphatic rings. The Balaban J connectivity index is 4.30. The first-order valence-electron chi connectivity index (χ1n) is 4.62. The minimum atomic E-state index is -2.81. The van der Waals surface area contributed by atoms with Crippen molar-refractivity contribution in [2.45, 2.75) is 45.3 Å². The smallest absolute Gasteiger partial charge is 0.408 e. The van der Waals surface area contributed by atoms with Crippen LogP contribution >= 0.6 is 0 Å². The van der Waals surface area contributed by atoms with Crippen LogP contribution in [0.25, 0.3) is 0 Å². The highest BCUT2D eigenvalue weighted by atomic mass is 19.3. The lowest BCUT2D eigenvalue weighted by Crippen LogP contribution is -2.44. The lowest BCUT2D eigenvalue weighted by Gasteiger charge is -2.21. The molecule has 0 heterocycles. The monoisotopic (exact) mass is 239 g/mol. The van der Waals surface area contributed by atoms with Gasteiger partial charge in [-0.3, -0.25) is 0 Å². The number of rotatable bonds is 4. The average molecular weight is 239 g/mol. The van der Waals surface area contributed by atoms with Crippen molar-refractivity contribution in [3.63, 3.8) is 0 Å². The minimum Gasteiger partial charge on any atom is -0.480 e. The number of aliphatic carboxylic acids is 1. The van der Waals surface area contributed by atoms with E-state index in [9.17, 15) is 18.4 Å². The van der Waals surface area contributed by atoms with E-state index in [0.717, 1.165) is 0 Å². The molecule has 0 aromatic rings. The number of ether oxygens (including phenoxy) is 1. The molecule has 0 aromatic carbocycles. The maximum absolute atomic E-state index is 12.0. The van der Waals surface area contributed by atoms with Crippen LogP contribution in [0.5, 0.6) is 0 Å². The van der Waals surface area contributed by atoms with Crippen LogP contribution in [0, 0.1) is 0 Å². The highest BCUT2D eigenvalue weighted by molar-refractivity contribution is 5.79. The van der Waals surface area contributed by atoms with E-state index in [1.54, 1.807) is 20.8 Å². The molecule has 0 rings (SSSR count). The Morgan fingerprint density at radius 1 is 1.38 bits per heavy atom. The van der Waals surface area contributed by atoms with Gasteiger partial charge in [0, 0.05) is 6.42 Å². The summed E-state index contributed by atoms with van der Waals surface area (Å²) < 4.78 is 28.7. The van der Waals surface area contributed by atoms with Gasteiger partial charge < -0.3 is 15.2 Å². The lowest BCUT2D eigenvalue weighted by molar-refractivity contribution is -0.140. The first-order valence-corrected chi connectivity index (χ1v) is 4.62. The Morgan fingerprint density at radius 3 is 2.19 bits per heavy atom.